The quantitative estimate of drug-likeness (QED) is 0.468. The summed E-state index contributed by atoms with van der Waals surface area (Å²) >= 11 is 0. The molecule has 2 fully saturated rings. The minimum absolute atomic E-state index is 0.261. The first-order valence-electron chi connectivity index (χ1n) is 15.2. The summed E-state index contributed by atoms with van der Waals surface area (Å²) in [4.78, 5) is 12.3. The number of allylic oxidation sites excluding steroid dienone is 2. The van der Waals surface area contributed by atoms with Crippen molar-refractivity contribution in [1.29, 1.82) is 0 Å². The van der Waals surface area contributed by atoms with Crippen molar-refractivity contribution >= 4 is 33.7 Å². The van der Waals surface area contributed by atoms with Gasteiger partial charge in [-0.1, -0.05) is 24.3 Å². The molecule has 2 aliphatic carbocycles. The van der Waals surface area contributed by atoms with Crippen molar-refractivity contribution in [2.45, 2.75) is 81.5 Å². The third kappa shape index (κ3) is 5.99. The normalized spacial score (nSPS) is 27.4. The van der Waals surface area contributed by atoms with Gasteiger partial charge in [-0.05, 0) is 94.6 Å². The van der Waals surface area contributed by atoms with Crippen molar-refractivity contribution in [3.05, 3.63) is 47.6 Å². The fraction of sp³-hybridized carbons (Fsp3) is 0.581. The molecule has 0 spiro atoms. The van der Waals surface area contributed by atoms with Crippen LogP contribution in [0.4, 0.5) is 5.69 Å². The van der Waals surface area contributed by atoms with Gasteiger partial charge in [-0.15, -0.1) is 0 Å². The second-order valence-corrected chi connectivity index (χ2v) is 15.0. The van der Waals surface area contributed by atoms with Gasteiger partial charge in [0, 0.05) is 19.2 Å². The Bertz CT molecular complexity index is 1440. The van der Waals surface area contributed by atoms with Gasteiger partial charge in [-0.2, -0.15) is 5.10 Å². The zero-order valence-corrected chi connectivity index (χ0v) is 25.8. The summed E-state index contributed by atoms with van der Waals surface area (Å²) in [6.07, 6.45) is 14.5. The van der Waals surface area contributed by atoms with Gasteiger partial charge in [0.2, 0.25) is 11.9 Å². The average molecular weight is 594 g/mol. The van der Waals surface area contributed by atoms with E-state index in [0.29, 0.717) is 24.3 Å². The van der Waals surface area contributed by atoms with E-state index in [4.69, 9.17) is 14.7 Å². The number of likely N-dealkylation sites (tertiary alicyclic amines) is 1. The number of hydrogen-bond acceptors (Lipinski definition) is 8. The summed E-state index contributed by atoms with van der Waals surface area (Å²) in [5, 5.41) is 11.7. The number of guanidine groups is 2. The van der Waals surface area contributed by atoms with Crippen LogP contribution >= 0.6 is 0 Å². The number of rotatable bonds is 8. The summed E-state index contributed by atoms with van der Waals surface area (Å²) in [6, 6.07) is 3.75. The number of nitrogens with one attached hydrogen (secondary N) is 2. The van der Waals surface area contributed by atoms with Crippen LogP contribution in [0.5, 0.6) is 5.75 Å². The first-order valence-corrected chi connectivity index (χ1v) is 16.8. The number of fused-ring (bicyclic) bond motifs is 1. The van der Waals surface area contributed by atoms with E-state index in [2.05, 4.69) is 39.7 Å². The first kappa shape index (κ1) is 28.9. The number of ether oxygens (including phenoxy) is 1. The minimum Gasteiger partial charge on any atom is -0.495 e. The zero-order valence-electron chi connectivity index (χ0n) is 25.0. The molecule has 3 heterocycles. The molecule has 226 valence electrons. The van der Waals surface area contributed by atoms with E-state index in [9.17, 15) is 8.42 Å². The van der Waals surface area contributed by atoms with Gasteiger partial charge in [-0.3, -0.25) is 5.32 Å². The Kier molecular flexibility index (Phi) is 8.15. The molecule has 1 aromatic carbocycles. The summed E-state index contributed by atoms with van der Waals surface area (Å²) in [6.45, 7) is 9.18. The number of anilines is 1. The van der Waals surface area contributed by atoms with Crippen molar-refractivity contribution in [3.8, 4) is 5.75 Å². The largest absolute Gasteiger partial charge is 0.495 e. The van der Waals surface area contributed by atoms with E-state index >= 15 is 0 Å². The predicted molar refractivity (Wildman–Crippen MR) is 169 cm³/mol. The molecular weight excluding hydrogens is 550 g/mol. The van der Waals surface area contributed by atoms with Gasteiger partial charge in [0.15, 0.2) is 16.0 Å². The molecule has 3 unspecified atom stereocenters. The van der Waals surface area contributed by atoms with E-state index in [-0.39, 0.29) is 6.17 Å². The number of piperidine rings is 1. The molecular formula is C31H43N7O3S. The number of hydrogen-bond donors (Lipinski definition) is 2. The number of benzene rings is 1. The Morgan fingerprint density at radius 3 is 2.62 bits per heavy atom. The molecule has 1 saturated carbocycles. The molecule has 0 aromatic heterocycles. The van der Waals surface area contributed by atoms with Crippen molar-refractivity contribution in [3.63, 3.8) is 0 Å². The molecule has 1 aromatic rings. The third-order valence-electron chi connectivity index (χ3n) is 8.98. The highest BCUT2D eigenvalue weighted by molar-refractivity contribution is 7.92. The van der Waals surface area contributed by atoms with E-state index in [1.54, 1.807) is 38.1 Å². The number of sulfone groups is 1. The lowest BCUT2D eigenvalue weighted by Gasteiger charge is -2.33. The van der Waals surface area contributed by atoms with E-state index in [1.807, 2.05) is 18.4 Å². The van der Waals surface area contributed by atoms with Crippen molar-refractivity contribution < 1.29 is 13.2 Å². The van der Waals surface area contributed by atoms with Crippen LogP contribution in [-0.2, 0) is 9.84 Å². The zero-order chi connectivity index (χ0) is 29.4. The Hall–Kier alpha value is -3.18. The Morgan fingerprint density at radius 1 is 1.14 bits per heavy atom. The lowest BCUT2D eigenvalue weighted by Crippen LogP contribution is -2.52. The maximum atomic E-state index is 13.1. The maximum absolute atomic E-state index is 13.1. The monoisotopic (exact) mass is 593 g/mol. The molecule has 0 radical (unpaired) electrons. The predicted octanol–water partition coefficient (Wildman–Crippen LogP) is 4.02. The summed E-state index contributed by atoms with van der Waals surface area (Å²) < 4.78 is 32.1. The SMILES string of the molecule is COc1cc(C2CCN(CC3CC3)CC2)c(C)cc1NC1=NC2CC=NN2C(=NC2C=CC=CC2S(=O)(=O)C(C)C)N1. The standard InChI is InChI=1S/C31H43N7O3S/c1-20(2)42(39,40)28-8-6-5-7-25(28)34-31-36-30(35-29-11-14-32-38(29)31)33-26-17-21(3)24(18-27(26)41-4)23-12-15-37(16-13-23)19-22-9-10-22/h5-8,14,17-18,20,22-23,25,28-29H,9-13,15-16,19H2,1-4H3,(H2,33,34,35,36). The van der Waals surface area contributed by atoms with Crippen LogP contribution < -0.4 is 15.4 Å². The minimum atomic E-state index is -3.41. The van der Waals surface area contributed by atoms with Crippen molar-refractivity contribution in [1.82, 2.24) is 15.2 Å². The van der Waals surface area contributed by atoms with E-state index in [0.717, 1.165) is 30.4 Å². The second-order valence-electron chi connectivity index (χ2n) is 12.3. The number of aryl methyl sites for hydroxylation is 1. The molecule has 0 bridgehead atoms. The van der Waals surface area contributed by atoms with Crippen LogP contribution in [0.2, 0.25) is 0 Å². The third-order valence-corrected chi connectivity index (χ3v) is 11.5. The highest BCUT2D eigenvalue weighted by Gasteiger charge is 2.37. The summed E-state index contributed by atoms with van der Waals surface area (Å²) in [5.41, 5.74) is 3.41. The molecule has 10 nitrogen and oxygen atoms in total. The Labute approximate surface area is 249 Å². The lowest BCUT2D eigenvalue weighted by molar-refractivity contribution is 0.204. The number of aliphatic imine (C=N–C) groups is 2. The van der Waals surface area contributed by atoms with Crippen molar-refractivity contribution in [2.24, 2.45) is 21.0 Å². The van der Waals surface area contributed by atoms with Gasteiger partial charge >= 0.3 is 0 Å². The van der Waals surface area contributed by atoms with Crippen LogP contribution in [0, 0.1) is 12.8 Å². The lowest BCUT2D eigenvalue weighted by atomic mass is 9.86. The maximum Gasteiger partial charge on any atom is 0.224 e. The highest BCUT2D eigenvalue weighted by Crippen LogP contribution is 2.38. The topological polar surface area (TPSA) is 111 Å². The molecule has 42 heavy (non-hydrogen) atoms. The Balaban J connectivity index is 1.21. The number of nitrogens with zero attached hydrogens (tertiary/aromatic N) is 5. The molecule has 6 rings (SSSR count). The van der Waals surface area contributed by atoms with Crippen LogP contribution in [0.3, 0.4) is 0 Å². The molecule has 2 N–H and O–H groups in total. The van der Waals surface area contributed by atoms with Gasteiger partial charge < -0.3 is 15.0 Å². The van der Waals surface area contributed by atoms with Crippen LogP contribution in [0.25, 0.3) is 0 Å². The number of methoxy groups -OCH3 is 1. The summed E-state index contributed by atoms with van der Waals surface area (Å²) in [5.74, 6) is 3.23. The fourth-order valence-electron chi connectivity index (χ4n) is 6.29. The van der Waals surface area contributed by atoms with Crippen LogP contribution in [0.15, 0.2) is 51.5 Å². The van der Waals surface area contributed by atoms with Gasteiger partial charge in [0.1, 0.15) is 11.0 Å². The molecule has 3 atom stereocenters. The molecule has 11 heteroatoms. The van der Waals surface area contributed by atoms with E-state index in [1.165, 1.54) is 43.4 Å². The highest BCUT2D eigenvalue weighted by atomic mass is 32.2. The average Bonchev–Trinajstić information content (AvgIpc) is 3.66. The van der Waals surface area contributed by atoms with Gasteiger partial charge in [0.05, 0.1) is 24.1 Å². The molecule has 5 aliphatic rings. The first-order chi connectivity index (χ1) is 20.2. The molecule has 3 aliphatic heterocycles. The summed E-state index contributed by atoms with van der Waals surface area (Å²) in [7, 11) is -1.71. The van der Waals surface area contributed by atoms with Crippen LogP contribution in [0.1, 0.15) is 63.0 Å². The van der Waals surface area contributed by atoms with Gasteiger partial charge in [-0.25, -0.2) is 23.4 Å². The van der Waals surface area contributed by atoms with Gasteiger partial charge in [0.25, 0.3) is 0 Å². The second kappa shape index (κ2) is 11.8. The smallest absolute Gasteiger partial charge is 0.224 e. The van der Waals surface area contributed by atoms with Crippen molar-refractivity contribution in [2.75, 3.05) is 32.1 Å². The van der Waals surface area contributed by atoms with E-state index < -0.39 is 26.4 Å². The van der Waals surface area contributed by atoms with Crippen LogP contribution in [-0.4, -0.2) is 85.9 Å². The Morgan fingerprint density at radius 2 is 1.90 bits per heavy atom. The fourth-order valence-corrected chi connectivity index (χ4v) is 7.77. The number of hydrazone groups is 1. The molecule has 1 saturated heterocycles. The molecule has 0 amide bonds.